The molecule has 1 unspecified atom stereocenters. The third kappa shape index (κ3) is 4.91. The van der Waals surface area contributed by atoms with E-state index in [1.165, 1.54) is 6.20 Å². The molecule has 0 saturated heterocycles. The van der Waals surface area contributed by atoms with Crippen molar-refractivity contribution in [2.24, 2.45) is 0 Å². The Balaban J connectivity index is 2.18. The van der Waals surface area contributed by atoms with Gasteiger partial charge >= 0.3 is 0 Å². The Morgan fingerprint density at radius 3 is 2.65 bits per heavy atom. The van der Waals surface area contributed by atoms with Gasteiger partial charge in [-0.2, -0.15) is 0 Å². The highest BCUT2D eigenvalue weighted by molar-refractivity contribution is 9.10. The van der Waals surface area contributed by atoms with Crippen molar-refractivity contribution in [2.75, 3.05) is 11.9 Å². The molecule has 0 bridgehead atoms. The second-order valence-corrected chi connectivity index (χ2v) is 7.29. The van der Waals surface area contributed by atoms with Crippen molar-refractivity contribution in [2.45, 2.75) is 40.2 Å². The zero-order valence-corrected chi connectivity index (χ0v) is 17.1. The number of nitrogens with zero attached hydrogens (tertiary/aromatic N) is 2. The van der Waals surface area contributed by atoms with Crippen molar-refractivity contribution in [1.29, 1.82) is 0 Å². The number of nitrogens with one attached hydrogen (secondary N) is 1. The molecule has 6 heteroatoms. The first-order chi connectivity index (χ1) is 12.3. The Hall–Kier alpha value is -2.21. The molecule has 26 heavy (non-hydrogen) atoms. The van der Waals surface area contributed by atoms with Crippen LogP contribution in [0.4, 0.5) is 5.69 Å². The lowest BCUT2D eigenvalue weighted by molar-refractivity contribution is -0.117. The third-order valence-corrected chi connectivity index (χ3v) is 4.96. The summed E-state index contributed by atoms with van der Waals surface area (Å²) in [6, 6.07) is 7.43. The van der Waals surface area contributed by atoms with Crippen LogP contribution in [0.1, 0.15) is 41.8 Å². The molecule has 1 atom stereocenters. The van der Waals surface area contributed by atoms with Crippen LogP contribution in [0.15, 0.2) is 41.1 Å². The van der Waals surface area contributed by atoms with Gasteiger partial charge in [0.15, 0.2) is 0 Å². The average molecular weight is 418 g/mol. The van der Waals surface area contributed by atoms with E-state index >= 15 is 0 Å². The first-order valence-electron chi connectivity index (χ1n) is 8.61. The summed E-state index contributed by atoms with van der Waals surface area (Å²) >= 11 is 3.33. The summed E-state index contributed by atoms with van der Waals surface area (Å²) in [5.41, 5.74) is 3.37. The van der Waals surface area contributed by atoms with Gasteiger partial charge in [-0.05, 0) is 66.4 Å². The number of hydrogen-bond acceptors (Lipinski definition) is 3. The molecule has 1 heterocycles. The number of aryl methyl sites for hydroxylation is 1. The van der Waals surface area contributed by atoms with Crippen molar-refractivity contribution in [3.8, 4) is 0 Å². The van der Waals surface area contributed by atoms with Crippen LogP contribution in [0.3, 0.4) is 0 Å². The van der Waals surface area contributed by atoms with Gasteiger partial charge in [0.25, 0.3) is 5.91 Å². The van der Waals surface area contributed by atoms with Crippen LogP contribution in [-0.4, -0.2) is 34.3 Å². The highest BCUT2D eigenvalue weighted by Gasteiger charge is 2.23. The fourth-order valence-electron chi connectivity index (χ4n) is 2.57. The first-order valence-corrected chi connectivity index (χ1v) is 9.40. The minimum atomic E-state index is -0.213. The standard InChI is InChI=1S/C20H24BrN3O2/c1-5-14(3)24(20(26)16-9-17(21)11-22-10-16)12-19(25)23-18-8-6-7-13(2)15(18)4/h6-11,14H,5,12H2,1-4H3,(H,23,25). The minimum absolute atomic E-state index is 0.00622. The normalized spacial score (nSPS) is 11.7. The molecular weight excluding hydrogens is 394 g/mol. The van der Waals surface area contributed by atoms with Gasteiger partial charge in [0, 0.05) is 28.6 Å². The smallest absolute Gasteiger partial charge is 0.256 e. The van der Waals surface area contributed by atoms with E-state index in [0.29, 0.717) is 5.56 Å². The number of carbonyl (C=O) groups is 2. The monoisotopic (exact) mass is 417 g/mol. The molecule has 138 valence electrons. The second-order valence-electron chi connectivity index (χ2n) is 6.38. The predicted octanol–water partition coefficient (Wildman–Crippen LogP) is 4.34. The fraction of sp³-hybridized carbons (Fsp3) is 0.350. The topological polar surface area (TPSA) is 62.3 Å². The number of hydrogen-bond donors (Lipinski definition) is 1. The van der Waals surface area contributed by atoms with Gasteiger partial charge in [0.1, 0.15) is 6.54 Å². The van der Waals surface area contributed by atoms with E-state index in [4.69, 9.17) is 0 Å². The Morgan fingerprint density at radius 1 is 1.27 bits per heavy atom. The molecule has 0 radical (unpaired) electrons. The molecule has 2 rings (SSSR count). The summed E-state index contributed by atoms with van der Waals surface area (Å²) in [7, 11) is 0. The van der Waals surface area contributed by atoms with E-state index < -0.39 is 0 Å². The van der Waals surface area contributed by atoms with Crippen LogP contribution in [-0.2, 0) is 4.79 Å². The zero-order chi connectivity index (χ0) is 19.3. The van der Waals surface area contributed by atoms with Gasteiger partial charge in [-0.3, -0.25) is 14.6 Å². The minimum Gasteiger partial charge on any atom is -0.327 e. The molecule has 0 aliphatic carbocycles. The lowest BCUT2D eigenvalue weighted by Gasteiger charge is -2.28. The summed E-state index contributed by atoms with van der Waals surface area (Å²) in [6.45, 7) is 7.89. The average Bonchev–Trinajstić information content (AvgIpc) is 2.62. The number of pyridine rings is 1. The number of carbonyl (C=O) groups excluding carboxylic acids is 2. The number of rotatable bonds is 6. The molecule has 1 aromatic carbocycles. The van der Waals surface area contributed by atoms with Gasteiger partial charge < -0.3 is 10.2 Å². The number of anilines is 1. The SMILES string of the molecule is CCC(C)N(CC(=O)Nc1cccc(C)c1C)C(=O)c1cncc(Br)c1. The predicted molar refractivity (Wildman–Crippen MR) is 107 cm³/mol. The maximum atomic E-state index is 12.9. The Morgan fingerprint density at radius 2 is 2.00 bits per heavy atom. The van der Waals surface area contributed by atoms with Crippen molar-refractivity contribution in [1.82, 2.24) is 9.88 Å². The first kappa shape index (κ1) is 20.1. The van der Waals surface area contributed by atoms with Gasteiger partial charge in [0.05, 0.1) is 5.56 Å². The molecule has 0 saturated carbocycles. The van der Waals surface area contributed by atoms with Crippen molar-refractivity contribution < 1.29 is 9.59 Å². The summed E-state index contributed by atoms with van der Waals surface area (Å²) in [5, 5.41) is 2.92. The summed E-state index contributed by atoms with van der Waals surface area (Å²) in [4.78, 5) is 31.1. The maximum Gasteiger partial charge on any atom is 0.256 e. The highest BCUT2D eigenvalue weighted by Crippen LogP contribution is 2.19. The Bertz CT molecular complexity index is 807. The summed E-state index contributed by atoms with van der Waals surface area (Å²) < 4.78 is 0.729. The molecule has 2 aromatic rings. The largest absolute Gasteiger partial charge is 0.327 e. The zero-order valence-electron chi connectivity index (χ0n) is 15.5. The van der Waals surface area contributed by atoms with E-state index in [-0.39, 0.29) is 24.4 Å². The molecule has 1 N–H and O–H groups in total. The van der Waals surface area contributed by atoms with Crippen LogP contribution in [0.25, 0.3) is 0 Å². The molecule has 0 fully saturated rings. The van der Waals surface area contributed by atoms with Crippen molar-refractivity contribution >= 4 is 33.4 Å². The fourth-order valence-corrected chi connectivity index (χ4v) is 2.94. The lowest BCUT2D eigenvalue weighted by atomic mass is 10.1. The lowest BCUT2D eigenvalue weighted by Crippen LogP contribution is -2.43. The third-order valence-electron chi connectivity index (χ3n) is 4.53. The quantitative estimate of drug-likeness (QED) is 0.759. The molecule has 0 aliphatic rings. The van der Waals surface area contributed by atoms with Crippen LogP contribution in [0.5, 0.6) is 0 Å². The van der Waals surface area contributed by atoms with Crippen molar-refractivity contribution in [3.05, 3.63) is 57.8 Å². The van der Waals surface area contributed by atoms with Crippen LogP contribution in [0.2, 0.25) is 0 Å². The van der Waals surface area contributed by atoms with Crippen molar-refractivity contribution in [3.63, 3.8) is 0 Å². The van der Waals surface area contributed by atoms with Gasteiger partial charge in [-0.25, -0.2) is 0 Å². The van der Waals surface area contributed by atoms with Gasteiger partial charge in [0.2, 0.25) is 5.91 Å². The molecule has 0 aliphatic heterocycles. The Labute approximate surface area is 162 Å². The van der Waals surface area contributed by atoms with E-state index in [1.807, 2.05) is 45.9 Å². The second kappa shape index (κ2) is 8.94. The van der Waals surface area contributed by atoms with E-state index in [1.54, 1.807) is 17.2 Å². The Kier molecular flexibility index (Phi) is 6.91. The van der Waals surface area contributed by atoms with E-state index in [0.717, 1.165) is 27.7 Å². The highest BCUT2D eigenvalue weighted by atomic mass is 79.9. The molecule has 1 aromatic heterocycles. The number of benzene rings is 1. The van der Waals surface area contributed by atoms with E-state index in [9.17, 15) is 9.59 Å². The molecule has 2 amide bonds. The number of aromatic nitrogens is 1. The van der Waals surface area contributed by atoms with E-state index in [2.05, 4.69) is 26.2 Å². The maximum absolute atomic E-state index is 12.9. The molecule has 0 spiro atoms. The summed E-state index contributed by atoms with van der Waals surface area (Å²) in [6.07, 6.45) is 3.90. The summed E-state index contributed by atoms with van der Waals surface area (Å²) in [5.74, 6) is -0.417. The van der Waals surface area contributed by atoms with Crippen LogP contribution >= 0.6 is 15.9 Å². The van der Waals surface area contributed by atoms with Gasteiger partial charge in [-0.1, -0.05) is 19.1 Å². The number of amides is 2. The van der Waals surface area contributed by atoms with Crippen LogP contribution < -0.4 is 5.32 Å². The molecule has 5 nitrogen and oxygen atoms in total. The van der Waals surface area contributed by atoms with Gasteiger partial charge in [-0.15, -0.1) is 0 Å². The molecular formula is C20H24BrN3O2. The number of halogens is 1. The van der Waals surface area contributed by atoms with Crippen LogP contribution in [0, 0.1) is 13.8 Å².